The molecule has 0 aliphatic heterocycles. The van der Waals surface area contributed by atoms with Crippen LogP contribution in [0.15, 0.2) is 42.5 Å². The minimum atomic E-state index is -0.120. The molecule has 4 nitrogen and oxygen atoms in total. The fourth-order valence-corrected chi connectivity index (χ4v) is 2.19. The van der Waals surface area contributed by atoms with Gasteiger partial charge >= 0.3 is 0 Å². The Morgan fingerprint density at radius 1 is 1.18 bits per heavy atom. The van der Waals surface area contributed by atoms with Crippen LogP contribution in [0.3, 0.4) is 0 Å². The van der Waals surface area contributed by atoms with Crippen molar-refractivity contribution in [1.29, 1.82) is 0 Å². The van der Waals surface area contributed by atoms with Crippen LogP contribution in [0.2, 0.25) is 0 Å². The van der Waals surface area contributed by atoms with Crippen molar-refractivity contribution in [2.24, 2.45) is 0 Å². The molecule has 2 aromatic rings. The molecule has 0 heterocycles. The summed E-state index contributed by atoms with van der Waals surface area (Å²) in [5.74, 6) is 1.43. The standard InChI is InChI=1S/C18H21NO3/c1-4-22-17-9-8-14(10-13(17)2)12-19-18(20)15-6-5-7-16(11-15)21-3/h5-11H,4,12H2,1-3H3,(H,19,20). The molecule has 0 unspecified atom stereocenters. The molecule has 22 heavy (non-hydrogen) atoms. The van der Waals surface area contributed by atoms with Crippen molar-refractivity contribution in [3.05, 3.63) is 59.2 Å². The zero-order valence-corrected chi connectivity index (χ0v) is 13.2. The molecular formula is C18H21NO3. The van der Waals surface area contributed by atoms with E-state index in [0.717, 1.165) is 16.9 Å². The summed E-state index contributed by atoms with van der Waals surface area (Å²) in [7, 11) is 1.58. The molecule has 0 aliphatic rings. The van der Waals surface area contributed by atoms with Gasteiger partial charge in [-0.1, -0.05) is 18.2 Å². The van der Waals surface area contributed by atoms with E-state index in [1.807, 2.05) is 38.1 Å². The Hall–Kier alpha value is -2.49. The third-order valence-corrected chi connectivity index (χ3v) is 3.32. The van der Waals surface area contributed by atoms with E-state index in [1.54, 1.807) is 25.3 Å². The number of hydrogen-bond acceptors (Lipinski definition) is 3. The quantitative estimate of drug-likeness (QED) is 0.890. The Labute approximate surface area is 131 Å². The third-order valence-electron chi connectivity index (χ3n) is 3.32. The van der Waals surface area contributed by atoms with Crippen LogP contribution in [0.4, 0.5) is 0 Å². The zero-order valence-electron chi connectivity index (χ0n) is 13.2. The average Bonchev–Trinajstić information content (AvgIpc) is 2.55. The van der Waals surface area contributed by atoms with Crippen molar-refractivity contribution in [1.82, 2.24) is 5.32 Å². The molecule has 2 aromatic carbocycles. The molecule has 4 heteroatoms. The summed E-state index contributed by atoms with van der Waals surface area (Å²) in [6.07, 6.45) is 0. The van der Waals surface area contributed by atoms with Crippen molar-refractivity contribution in [3.8, 4) is 11.5 Å². The highest BCUT2D eigenvalue weighted by atomic mass is 16.5. The number of benzene rings is 2. The lowest BCUT2D eigenvalue weighted by Crippen LogP contribution is -2.22. The van der Waals surface area contributed by atoms with Gasteiger partial charge in [0.25, 0.3) is 5.91 Å². The summed E-state index contributed by atoms with van der Waals surface area (Å²) in [6, 6.07) is 13.0. The van der Waals surface area contributed by atoms with E-state index in [2.05, 4.69) is 5.32 Å². The molecule has 1 N–H and O–H groups in total. The van der Waals surface area contributed by atoms with E-state index >= 15 is 0 Å². The van der Waals surface area contributed by atoms with Crippen molar-refractivity contribution in [2.75, 3.05) is 13.7 Å². The Morgan fingerprint density at radius 3 is 2.68 bits per heavy atom. The highest BCUT2D eigenvalue weighted by Crippen LogP contribution is 2.19. The third kappa shape index (κ3) is 4.01. The largest absolute Gasteiger partial charge is 0.497 e. The highest BCUT2D eigenvalue weighted by Gasteiger charge is 2.07. The molecule has 0 aromatic heterocycles. The maximum absolute atomic E-state index is 12.1. The number of rotatable bonds is 6. The number of amides is 1. The maximum atomic E-state index is 12.1. The number of methoxy groups -OCH3 is 1. The van der Waals surface area contributed by atoms with E-state index < -0.39 is 0 Å². The lowest BCUT2D eigenvalue weighted by Gasteiger charge is -2.10. The molecule has 0 atom stereocenters. The van der Waals surface area contributed by atoms with Gasteiger partial charge in [-0.3, -0.25) is 4.79 Å². The number of aryl methyl sites for hydroxylation is 1. The lowest BCUT2D eigenvalue weighted by molar-refractivity contribution is 0.0950. The smallest absolute Gasteiger partial charge is 0.251 e. The topological polar surface area (TPSA) is 47.6 Å². The van der Waals surface area contributed by atoms with Gasteiger partial charge in [0.05, 0.1) is 13.7 Å². The Balaban J connectivity index is 2.00. The Morgan fingerprint density at radius 2 is 2.00 bits per heavy atom. The van der Waals surface area contributed by atoms with Gasteiger partial charge in [0, 0.05) is 12.1 Å². The van der Waals surface area contributed by atoms with E-state index in [1.165, 1.54) is 0 Å². The number of nitrogens with one attached hydrogen (secondary N) is 1. The number of ether oxygens (including phenoxy) is 2. The zero-order chi connectivity index (χ0) is 15.9. The van der Waals surface area contributed by atoms with E-state index in [4.69, 9.17) is 9.47 Å². The SMILES string of the molecule is CCOc1ccc(CNC(=O)c2cccc(OC)c2)cc1C. The highest BCUT2D eigenvalue weighted by molar-refractivity contribution is 5.94. The van der Waals surface area contributed by atoms with Crippen LogP contribution in [0, 0.1) is 6.92 Å². The lowest BCUT2D eigenvalue weighted by atomic mass is 10.1. The molecule has 0 radical (unpaired) electrons. The number of carbonyl (C=O) groups excluding carboxylic acids is 1. The number of carbonyl (C=O) groups is 1. The first-order valence-corrected chi connectivity index (χ1v) is 7.28. The second-order valence-electron chi connectivity index (χ2n) is 4.95. The first-order valence-electron chi connectivity index (χ1n) is 7.28. The molecule has 0 bridgehead atoms. The molecule has 0 saturated heterocycles. The summed E-state index contributed by atoms with van der Waals surface area (Å²) in [4.78, 5) is 12.1. The minimum Gasteiger partial charge on any atom is -0.497 e. The van der Waals surface area contributed by atoms with Crippen molar-refractivity contribution in [3.63, 3.8) is 0 Å². The van der Waals surface area contributed by atoms with Gasteiger partial charge in [-0.15, -0.1) is 0 Å². The fraction of sp³-hybridized carbons (Fsp3) is 0.278. The van der Waals surface area contributed by atoms with Crippen LogP contribution in [0.5, 0.6) is 11.5 Å². The van der Waals surface area contributed by atoms with Gasteiger partial charge in [-0.2, -0.15) is 0 Å². The summed E-state index contributed by atoms with van der Waals surface area (Å²) in [5.41, 5.74) is 2.69. The van der Waals surface area contributed by atoms with Crippen LogP contribution in [-0.2, 0) is 6.54 Å². The predicted molar refractivity (Wildman–Crippen MR) is 86.5 cm³/mol. The van der Waals surface area contributed by atoms with Crippen molar-refractivity contribution < 1.29 is 14.3 Å². The first-order chi connectivity index (χ1) is 10.6. The Bertz CT molecular complexity index is 653. The van der Waals surface area contributed by atoms with Gasteiger partial charge in [0.2, 0.25) is 0 Å². The fourth-order valence-electron chi connectivity index (χ4n) is 2.19. The molecule has 116 valence electrons. The number of hydrogen-bond donors (Lipinski definition) is 1. The second-order valence-corrected chi connectivity index (χ2v) is 4.95. The van der Waals surface area contributed by atoms with Crippen LogP contribution in [0.1, 0.15) is 28.4 Å². The van der Waals surface area contributed by atoms with Gasteiger partial charge in [-0.25, -0.2) is 0 Å². The maximum Gasteiger partial charge on any atom is 0.251 e. The van der Waals surface area contributed by atoms with Gasteiger partial charge in [0.1, 0.15) is 11.5 Å². The average molecular weight is 299 g/mol. The van der Waals surface area contributed by atoms with Crippen LogP contribution < -0.4 is 14.8 Å². The van der Waals surface area contributed by atoms with Crippen LogP contribution in [0.25, 0.3) is 0 Å². The van der Waals surface area contributed by atoms with Crippen LogP contribution in [-0.4, -0.2) is 19.6 Å². The predicted octanol–water partition coefficient (Wildman–Crippen LogP) is 3.33. The van der Waals surface area contributed by atoms with Crippen LogP contribution >= 0.6 is 0 Å². The summed E-state index contributed by atoms with van der Waals surface area (Å²) in [5, 5.41) is 2.91. The van der Waals surface area contributed by atoms with Crippen molar-refractivity contribution in [2.45, 2.75) is 20.4 Å². The van der Waals surface area contributed by atoms with Gasteiger partial charge < -0.3 is 14.8 Å². The molecule has 0 saturated carbocycles. The van der Waals surface area contributed by atoms with Gasteiger partial charge in [0.15, 0.2) is 0 Å². The van der Waals surface area contributed by atoms with E-state index in [-0.39, 0.29) is 5.91 Å². The second kappa shape index (κ2) is 7.50. The minimum absolute atomic E-state index is 0.120. The van der Waals surface area contributed by atoms with E-state index in [0.29, 0.717) is 24.5 Å². The Kier molecular flexibility index (Phi) is 5.42. The molecule has 0 spiro atoms. The summed E-state index contributed by atoms with van der Waals surface area (Å²) >= 11 is 0. The molecule has 2 rings (SSSR count). The summed E-state index contributed by atoms with van der Waals surface area (Å²) < 4.78 is 10.6. The monoisotopic (exact) mass is 299 g/mol. The van der Waals surface area contributed by atoms with Gasteiger partial charge in [-0.05, 0) is 49.2 Å². The van der Waals surface area contributed by atoms with Crippen molar-refractivity contribution >= 4 is 5.91 Å². The molecular weight excluding hydrogens is 278 g/mol. The molecule has 0 aliphatic carbocycles. The first kappa shape index (κ1) is 15.9. The normalized spacial score (nSPS) is 10.1. The molecule has 0 fully saturated rings. The molecule has 1 amide bonds. The van der Waals surface area contributed by atoms with E-state index in [9.17, 15) is 4.79 Å². The summed E-state index contributed by atoms with van der Waals surface area (Å²) in [6.45, 7) is 5.08.